The Labute approximate surface area is 103 Å². The minimum Gasteiger partial charge on any atom is -0.397 e. The second-order valence-electron chi connectivity index (χ2n) is 4.17. The van der Waals surface area contributed by atoms with Crippen LogP contribution in [-0.2, 0) is 4.74 Å². The molecule has 0 aliphatic heterocycles. The third kappa shape index (κ3) is 3.35. The lowest BCUT2D eigenvalue weighted by molar-refractivity contribution is 0.0344. The third-order valence-corrected chi connectivity index (χ3v) is 2.96. The maximum absolute atomic E-state index is 13.3. The largest absolute Gasteiger partial charge is 0.397 e. The molecule has 0 atom stereocenters. The molecule has 0 spiro atoms. The van der Waals surface area contributed by atoms with Crippen LogP contribution in [-0.4, -0.2) is 19.3 Å². The Morgan fingerprint density at radius 3 is 2.69 bits per heavy atom. The number of nitrogens with one attached hydrogen (secondary N) is 1. The number of anilines is 2. The molecule has 0 unspecified atom stereocenters. The number of hydrogen-bond donors (Lipinski definition) is 2. The van der Waals surface area contributed by atoms with Crippen LogP contribution in [0.4, 0.5) is 15.8 Å². The van der Waals surface area contributed by atoms with Gasteiger partial charge in [0.15, 0.2) is 0 Å². The highest BCUT2D eigenvalue weighted by Gasteiger charge is 2.16. The SMILES string of the molecule is COC(C)(C)CNc1cc(F)c(Br)cc1N. The average molecular weight is 291 g/mol. The molecule has 3 N–H and O–H groups in total. The van der Waals surface area contributed by atoms with Gasteiger partial charge >= 0.3 is 0 Å². The Bertz CT molecular complexity index is 382. The first-order valence-electron chi connectivity index (χ1n) is 4.89. The monoisotopic (exact) mass is 290 g/mol. The fourth-order valence-corrected chi connectivity index (χ4v) is 1.46. The molecule has 0 amide bonds. The van der Waals surface area contributed by atoms with Crippen LogP contribution in [0.1, 0.15) is 13.8 Å². The molecule has 1 rings (SSSR count). The topological polar surface area (TPSA) is 47.3 Å². The predicted molar refractivity (Wildman–Crippen MR) is 68.1 cm³/mol. The summed E-state index contributed by atoms with van der Waals surface area (Å²) in [7, 11) is 1.63. The van der Waals surface area contributed by atoms with Gasteiger partial charge in [-0.15, -0.1) is 0 Å². The van der Waals surface area contributed by atoms with E-state index >= 15 is 0 Å². The molecule has 0 heterocycles. The Morgan fingerprint density at radius 2 is 2.12 bits per heavy atom. The minimum atomic E-state index is -0.341. The molecule has 0 saturated carbocycles. The van der Waals surface area contributed by atoms with Gasteiger partial charge in [-0.2, -0.15) is 0 Å². The molecule has 3 nitrogen and oxygen atoms in total. The van der Waals surface area contributed by atoms with Crippen molar-refractivity contribution in [1.82, 2.24) is 0 Å². The van der Waals surface area contributed by atoms with E-state index in [1.165, 1.54) is 12.1 Å². The van der Waals surface area contributed by atoms with Crippen molar-refractivity contribution in [3.05, 3.63) is 22.4 Å². The number of rotatable bonds is 4. The summed E-state index contributed by atoms with van der Waals surface area (Å²) in [6.45, 7) is 4.42. The summed E-state index contributed by atoms with van der Waals surface area (Å²) >= 11 is 3.08. The number of ether oxygens (including phenoxy) is 1. The number of nitrogen functional groups attached to an aromatic ring is 1. The third-order valence-electron chi connectivity index (χ3n) is 2.35. The fourth-order valence-electron chi connectivity index (χ4n) is 1.10. The van der Waals surface area contributed by atoms with E-state index in [0.29, 0.717) is 22.4 Å². The molecule has 0 saturated heterocycles. The summed E-state index contributed by atoms with van der Waals surface area (Å²) in [4.78, 5) is 0. The van der Waals surface area contributed by atoms with E-state index in [1.807, 2.05) is 13.8 Å². The molecule has 0 aliphatic carbocycles. The van der Waals surface area contributed by atoms with Crippen molar-refractivity contribution in [2.45, 2.75) is 19.4 Å². The van der Waals surface area contributed by atoms with Crippen molar-refractivity contribution < 1.29 is 9.13 Å². The standard InChI is InChI=1S/C11H16BrFN2O/c1-11(2,16-3)6-15-10-5-8(13)7(12)4-9(10)14/h4-5,15H,6,14H2,1-3H3. The fraction of sp³-hybridized carbons (Fsp3) is 0.455. The summed E-state index contributed by atoms with van der Waals surface area (Å²) in [6.07, 6.45) is 0. The van der Waals surface area contributed by atoms with Crippen LogP contribution in [0, 0.1) is 5.82 Å². The molecular formula is C11H16BrFN2O. The van der Waals surface area contributed by atoms with Crippen LogP contribution in [0.25, 0.3) is 0 Å². The summed E-state index contributed by atoms with van der Waals surface area (Å²) in [5, 5.41) is 3.06. The lowest BCUT2D eigenvalue weighted by Gasteiger charge is -2.24. The average Bonchev–Trinajstić information content (AvgIpc) is 2.22. The molecule has 1 aromatic carbocycles. The zero-order valence-corrected chi connectivity index (χ0v) is 11.2. The van der Waals surface area contributed by atoms with Gasteiger partial charge in [-0.25, -0.2) is 4.39 Å². The van der Waals surface area contributed by atoms with Gasteiger partial charge in [-0.1, -0.05) is 0 Å². The van der Waals surface area contributed by atoms with Crippen LogP contribution in [0.2, 0.25) is 0 Å². The highest BCUT2D eigenvalue weighted by atomic mass is 79.9. The summed E-state index contributed by atoms with van der Waals surface area (Å²) in [5.41, 5.74) is 6.51. The van der Waals surface area contributed by atoms with Gasteiger partial charge in [-0.3, -0.25) is 0 Å². The normalized spacial score (nSPS) is 11.6. The van der Waals surface area contributed by atoms with E-state index in [1.54, 1.807) is 7.11 Å². The quantitative estimate of drug-likeness (QED) is 0.838. The first kappa shape index (κ1) is 13.3. The second kappa shape index (κ2) is 5.01. The molecule has 90 valence electrons. The summed E-state index contributed by atoms with van der Waals surface area (Å²) in [6, 6.07) is 2.91. The predicted octanol–water partition coefficient (Wildman–Crippen LogP) is 3.01. The molecule has 16 heavy (non-hydrogen) atoms. The number of methoxy groups -OCH3 is 1. The van der Waals surface area contributed by atoms with Gasteiger partial charge in [0.25, 0.3) is 0 Å². The zero-order chi connectivity index (χ0) is 12.3. The maximum Gasteiger partial charge on any atom is 0.139 e. The van der Waals surface area contributed by atoms with E-state index in [-0.39, 0.29) is 11.4 Å². The van der Waals surface area contributed by atoms with E-state index in [4.69, 9.17) is 10.5 Å². The Kier molecular flexibility index (Phi) is 4.15. The maximum atomic E-state index is 13.3. The number of hydrogen-bond acceptors (Lipinski definition) is 3. The van der Waals surface area contributed by atoms with Crippen LogP contribution >= 0.6 is 15.9 Å². The summed E-state index contributed by atoms with van der Waals surface area (Å²) < 4.78 is 18.9. The molecular weight excluding hydrogens is 275 g/mol. The van der Waals surface area contributed by atoms with Crippen molar-refractivity contribution in [1.29, 1.82) is 0 Å². The van der Waals surface area contributed by atoms with Crippen LogP contribution in [0.3, 0.4) is 0 Å². The molecule has 0 bridgehead atoms. The smallest absolute Gasteiger partial charge is 0.139 e. The Morgan fingerprint density at radius 1 is 1.50 bits per heavy atom. The van der Waals surface area contributed by atoms with Crippen LogP contribution in [0.5, 0.6) is 0 Å². The van der Waals surface area contributed by atoms with E-state index in [9.17, 15) is 4.39 Å². The molecule has 0 aromatic heterocycles. The second-order valence-corrected chi connectivity index (χ2v) is 5.03. The van der Waals surface area contributed by atoms with Crippen LogP contribution in [0.15, 0.2) is 16.6 Å². The molecule has 1 aromatic rings. The molecule has 0 radical (unpaired) electrons. The van der Waals surface area contributed by atoms with E-state index < -0.39 is 0 Å². The van der Waals surface area contributed by atoms with Crippen LogP contribution < -0.4 is 11.1 Å². The number of halogens is 2. The highest BCUT2D eigenvalue weighted by molar-refractivity contribution is 9.10. The molecule has 0 fully saturated rings. The zero-order valence-electron chi connectivity index (χ0n) is 9.60. The minimum absolute atomic E-state index is 0.323. The van der Waals surface area contributed by atoms with Crippen molar-refractivity contribution in [2.24, 2.45) is 0 Å². The molecule has 0 aliphatic rings. The van der Waals surface area contributed by atoms with Crippen molar-refractivity contribution >= 4 is 27.3 Å². The number of nitrogens with two attached hydrogens (primary N) is 1. The number of benzene rings is 1. The van der Waals surface area contributed by atoms with Gasteiger partial charge < -0.3 is 15.8 Å². The van der Waals surface area contributed by atoms with E-state index in [0.717, 1.165) is 0 Å². The first-order valence-corrected chi connectivity index (χ1v) is 5.68. The van der Waals surface area contributed by atoms with Gasteiger partial charge in [0.1, 0.15) is 5.82 Å². The van der Waals surface area contributed by atoms with Crippen molar-refractivity contribution in [3.63, 3.8) is 0 Å². The van der Waals surface area contributed by atoms with Gasteiger partial charge in [0.05, 0.1) is 21.4 Å². The van der Waals surface area contributed by atoms with Gasteiger partial charge in [-0.05, 0) is 35.8 Å². The highest BCUT2D eigenvalue weighted by Crippen LogP contribution is 2.26. The van der Waals surface area contributed by atoms with Crippen molar-refractivity contribution in [3.8, 4) is 0 Å². The lowest BCUT2D eigenvalue weighted by atomic mass is 10.1. The molecule has 5 heteroatoms. The van der Waals surface area contributed by atoms with Gasteiger partial charge in [0, 0.05) is 19.7 Å². The van der Waals surface area contributed by atoms with E-state index in [2.05, 4.69) is 21.2 Å². The van der Waals surface area contributed by atoms with Crippen molar-refractivity contribution in [2.75, 3.05) is 24.7 Å². The Hall–Kier alpha value is -0.810. The first-order chi connectivity index (χ1) is 7.35. The summed E-state index contributed by atoms with van der Waals surface area (Å²) in [5.74, 6) is -0.341. The van der Waals surface area contributed by atoms with Gasteiger partial charge in [0.2, 0.25) is 0 Å². The Balaban J connectivity index is 2.79. The lowest BCUT2D eigenvalue weighted by Crippen LogP contribution is -2.32.